The van der Waals surface area contributed by atoms with Crippen LogP contribution in [0.5, 0.6) is 0 Å². The van der Waals surface area contributed by atoms with E-state index in [1.807, 2.05) is 6.92 Å². The Morgan fingerprint density at radius 3 is 2.65 bits per heavy atom. The maximum Gasteiger partial charge on any atom is 0.434 e. The Bertz CT molecular complexity index is 883. The Morgan fingerprint density at radius 2 is 2.00 bits per heavy atom. The second kappa shape index (κ2) is 5.22. The summed E-state index contributed by atoms with van der Waals surface area (Å²) < 4.78 is 54.0. The molecule has 0 atom stereocenters. The van der Waals surface area contributed by atoms with Crippen molar-refractivity contribution in [2.45, 2.75) is 19.5 Å². The van der Waals surface area contributed by atoms with Crippen LogP contribution >= 0.6 is 0 Å². The van der Waals surface area contributed by atoms with Gasteiger partial charge < -0.3 is 5.73 Å². The molecule has 2 heterocycles. The highest BCUT2D eigenvalue weighted by molar-refractivity contribution is 5.70. The minimum absolute atomic E-state index is 0.0503. The van der Waals surface area contributed by atoms with Gasteiger partial charge in [-0.15, -0.1) is 0 Å². The van der Waals surface area contributed by atoms with Crippen molar-refractivity contribution in [2.24, 2.45) is 0 Å². The fourth-order valence-electron chi connectivity index (χ4n) is 2.34. The van der Waals surface area contributed by atoms with Gasteiger partial charge in [0, 0.05) is 11.8 Å². The molecule has 3 aromatic rings. The zero-order chi connectivity index (χ0) is 16.8. The van der Waals surface area contributed by atoms with E-state index in [4.69, 9.17) is 5.73 Å². The summed E-state index contributed by atoms with van der Waals surface area (Å²) in [7, 11) is 0. The molecule has 2 aromatic heterocycles. The summed E-state index contributed by atoms with van der Waals surface area (Å²) in [6, 6.07) is 4.49. The van der Waals surface area contributed by atoms with E-state index < -0.39 is 17.7 Å². The molecule has 0 fully saturated rings. The van der Waals surface area contributed by atoms with Crippen LogP contribution in [0.25, 0.3) is 16.9 Å². The summed E-state index contributed by atoms with van der Waals surface area (Å²) in [5, 5.41) is 0. The van der Waals surface area contributed by atoms with Gasteiger partial charge in [-0.25, -0.2) is 14.4 Å². The van der Waals surface area contributed by atoms with Crippen LogP contribution in [0, 0.1) is 5.82 Å². The predicted molar refractivity (Wildman–Crippen MR) is 77.2 cm³/mol. The Morgan fingerprint density at radius 1 is 1.26 bits per heavy atom. The predicted octanol–water partition coefficient (Wildman–Crippen LogP) is 3.70. The van der Waals surface area contributed by atoms with Crippen LogP contribution in [-0.2, 0) is 12.6 Å². The fraction of sp³-hybridized carbons (Fsp3) is 0.200. The van der Waals surface area contributed by atoms with Crippen LogP contribution in [0.15, 0.2) is 30.6 Å². The first-order chi connectivity index (χ1) is 10.8. The molecule has 0 unspecified atom stereocenters. The number of nitrogens with two attached hydrogens (primary N) is 1. The number of nitrogen functional groups attached to an aromatic ring is 1. The highest BCUT2D eigenvalue weighted by atomic mass is 19.4. The molecule has 3 rings (SSSR count). The summed E-state index contributed by atoms with van der Waals surface area (Å²) in [6.45, 7) is 1.90. The van der Waals surface area contributed by atoms with E-state index in [0.717, 1.165) is 16.2 Å². The first-order valence-electron chi connectivity index (χ1n) is 6.81. The SMILES string of the molecule is CCc1ccc(F)c(-c2cnc3c(N)nc(C(F)(F)F)cn23)c1. The van der Waals surface area contributed by atoms with Crippen LogP contribution in [-0.4, -0.2) is 14.4 Å². The molecule has 8 heteroatoms. The normalized spacial score (nSPS) is 12.0. The third kappa shape index (κ3) is 2.60. The van der Waals surface area contributed by atoms with Gasteiger partial charge in [-0.05, 0) is 24.1 Å². The Hall–Kier alpha value is -2.64. The molecular weight excluding hydrogens is 312 g/mol. The zero-order valence-corrected chi connectivity index (χ0v) is 12.0. The van der Waals surface area contributed by atoms with Gasteiger partial charge in [0.25, 0.3) is 0 Å². The third-order valence-corrected chi connectivity index (χ3v) is 3.52. The molecule has 0 aliphatic heterocycles. The quantitative estimate of drug-likeness (QED) is 0.731. The van der Waals surface area contributed by atoms with Crippen LogP contribution < -0.4 is 5.73 Å². The topological polar surface area (TPSA) is 56.2 Å². The standard InChI is InChI=1S/C15H12F4N4/c1-2-8-3-4-10(16)9(5-8)11-6-21-14-13(20)22-12(7-23(11)14)15(17,18)19/h3-7H,2H2,1H3,(H2,20,22). The summed E-state index contributed by atoms with van der Waals surface area (Å²) >= 11 is 0. The van der Waals surface area contributed by atoms with Crippen molar-refractivity contribution in [1.82, 2.24) is 14.4 Å². The van der Waals surface area contributed by atoms with Gasteiger partial charge in [-0.3, -0.25) is 4.40 Å². The molecular formula is C15H12F4N4. The maximum absolute atomic E-state index is 14.1. The van der Waals surface area contributed by atoms with Gasteiger partial charge in [0.05, 0.1) is 11.9 Å². The number of halogens is 4. The van der Waals surface area contributed by atoms with Crippen LogP contribution in [0.2, 0.25) is 0 Å². The highest BCUT2D eigenvalue weighted by Crippen LogP contribution is 2.32. The van der Waals surface area contributed by atoms with E-state index in [1.54, 1.807) is 12.1 Å². The van der Waals surface area contributed by atoms with Crippen LogP contribution in [0.4, 0.5) is 23.4 Å². The van der Waals surface area contributed by atoms with Crippen LogP contribution in [0.3, 0.4) is 0 Å². The monoisotopic (exact) mass is 324 g/mol. The number of anilines is 1. The fourth-order valence-corrected chi connectivity index (χ4v) is 2.34. The molecule has 0 saturated carbocycles. The lowest BCUT2D eigenvalue weighted by Gasteiger charge is -2.10. The molecule has 0 saturated heterocycles. The van der Waals surface area contributed by atoms with E-state index in [0.29, 0.717) is 6.42 Å². The molecule has 4 nitrogen and oxygen atoms in total. The van der Waals surface area contributed by atoms with E-state index in [1.165, 1.54) is 12.3 Å². The molecule has 0 bridgehead atoms. The minimum Gasteiger partial charge on any atom is -0.381 e. The molecule has 0 spiro atoms. The van der Waals surface area contributed by atoms with Crippen molar-refractivity contribution < 1.29 is 17.6 Å². The number of rotatable bonds is 2. The van der Waals surface area contributed by atoms with Crippen molar-refractivity contribution in [1.29, 1.82) is 0 Å². The molecule has 0 amide bonds. The lowest BCUT2D eigenvalue weighted by molar-refractivity contribution is -0.141. The zero-order valence-electron chi connectivity index (χ0n) is 12.0. The lowest BCUT2D eigenvalue weighted by atomic mass is 10.1. The van der Waals surface area contributed by atoms with Gasteiger partial charge in [-0.2, -0.15) is 13.2 Å². The van der Waals surface area contributed by atoms with Gasteiger partial charge >= 0.3 is 6.18 Å². The maximum atomic E-state index is 14.1. The number of aryl methyl sites for hydroxylation is 1. The summed E-state index contributed by atoms with van der Waals surface area (Å²) in [6.07, 6.45) is -1.94. The molecule has 0 aliphatic carbocycles. The average molecular weight is 324 g/mol. The van der Waals surface area contributed by atoms with Crippen molar-refractivity contribution in [3.8, 4) is 11.3 Å². The van der Waals surface area contributed by atoms with E-state index >= 15 is 0 Å². The Labute approximate surface area is 128 Å². The average Bonchev–Trinajstić information content (AvgIpc) is 2.91. The molecule has 2 N–H and O–H groups in total. The summed E-state index contributed by atoms with van der Waals surface area (Å²) in [5.41, 5.74) is 5.65. The lowest BCUT2D eigenvalue weighted by Crippen LogP contribution is -2.12. The number of alkyl halides is 3. The van der Waals surface area contributed by atoms with Crippen molar-refractivity contribution in [2.75, 3.05) is 5.73 Å². The van der Waals surface area contributed by atoms with E-state index in [2.05, 4.69) is 9.97 Å². The molecule has 0 radical (unpaired) electrons. The molecule has 23 heavy (non-hydrogen) atoms. The van der Waals surface area contributed by atoms with E-state index in [-0.39, 0.29) is 22.7 Å². The highest BCUT2D eigenvalue weighted by Gasteiger charge is 2.34. The second-order valence-electron chi connectivity index (χ2n) is 5.01. The number of hydrogen-bond donors (Lipinski definition) is 1. The van der Waals surface area contributed by atoms with Gasteiger partial charge in [0.2, 0.25) is 0 Å². The molecule has 0 aliphatic rings. The Balaban J connectivity index is 2.29. The van der Waals surface area contributed by atoms with Crippen molar-refractivity contribution in [3.63, 3.8) is 0 Å². The number of fused-ring (bicyclic) bond motifs is 1. The van der Waals surface area contributed by atoms with Gasteiger partial charge in [-0.1, -0.05) is 13.0 Å². The first-order valence-corrected chi connectivity index (χ1v) is 6.81. The van der Waals surface area contributed by atoms with Crippen LogP contribution in [0.1, 0.15) is 18.2 Å². The van der Waals surface area contributed by atoms with Crippen molar-refractivity contribution >= 4 is 11.5 Å². The smallest absolute Gasteiger partial charge is 0.381 e. The number of benzene rings is 1. The summed E-state index contributed by atoms with van der Waals surface area (Å²) in [4.78, 5) is 7.27. The minimum atomic E-state index is -4.66. The Kier molecular flexibility index (Phi) is 3.46. The largest absolute Gasteiger partial charge is 0.434 e. The molecule has 120 valence electrons. The van der Waals surface area contributed by atoms with Gasteiger partial charge in [0.1, 0.15) is 5.82 Å². The third-order valence-electron chi connectivity index (χ3n) is 3.52. The van der Waals surface area contributed by atoms with E-state index in [9.17, 15) is 17.6 Å². The number of aromatic nitrogens is 3. The summed E-state index contributed by atoms with van der Waals surface area (Å²) in [5.74, 6) is -0.911. The number of hydrogen-bond acceptors (Lipinski definition) is 3. The number of nitrogens with zero attached hydrogens (tertiary/aromatic N) is 3. The number of imidazole rings is 1. The second-order valence-corrected chi connectivity index (χ2v) is 5.01. The van der Waals surface area contributed by atoms with Gasteiger partial charge in [0.15, 0.2) is 17.2 Å². The first kappa shape index (κ1) is 15.3. The van der Waals surface area contributed by atoms with Crippen molar-refractivity contribution in [3.05, 3.63) is 47.7 Å². The molecule has 1 aromatic carbocycles.